The molecule has 1 aromatic heterocycles. The number of hydrogen-bond donors (Lipinski definition) is 1. The summed E-state index contributed by atoms with van der Waals surface area (Å²) in [5.41, 5.74) is 0.715. The summed E-state index contributed by atoms with van der Waals surface area (Å²) in [5.74, 6) is 0. The number of nitrogens with zero attached hydrogens (tertiary/aromatic N) is 1. The minimum Gasteiger partial charge on any atom is -0.870 e. The Morgan fingerprint density at radius 3 is 2.40 bits per heavy atom. The number of aliphatic hydroxyl groups excluding tert-OH is 1. The maximum absolute atomic E-state index is 8.48. The van der Waals surface area contributed by atoms with Crippen molar-refractivity contribution in [3.05, 3.63) is 30.1 Å². The van der Waals surface area contributed by atoms with Gasteiger partial charge in [-0.2, -0.15) is 0 Å². The fourth-order valence-electron chi connectivity index (χ4n) is 0.492. The van der Waals surface area contributed by atoms with E-state index in [0.29, 0.717) is 5.69 Å². The van der Waals surface area contributed by atoms with Crippen LogP contribution in [-0.2, 0) is 6.61 Å². The van der Waals surface area contributed by atoms with Gasteiger partial charge in [0.25, 0.3) is 0 Å². The topological polar surface area (TPSA) is 63.1 Å². The van der Waals surface area contributed by atoms with E-state index in [4.69, 9.17) is 5.11 Å². The third-order valence-electron chi connectivity index (χ3n) is 0.888. The molecule has 0 bridgehead atoms. The van der Waals surface area contributed by atoms with Crippen LogP contribution in [0.15, 0.2) is 24.4 Å². The van der Waals surface area contributed by atoms with E-state index < -0.39 is 0 Å². The van der Waals surface area contributed by atoms with Gasteiger partial charge in [0, 0.05) is 6.20 Å². The van der Waals surface area contributed by atoms with Gasteiger partial charge in [0.15, 0.2) is 0 Å². The third kappa shape index (κ3) is 3.98. The van der Waals surface area contributed by atoms with Gasteiger partial charge in [0.1, 0.15) is 0 Å². The summed E-state index contributed by atoms with van der Waals surface area (Å²) in [7, 11) is 0. The average Bonchev–Trinajstić information content (AvgIpc) is 1.90. The Kier molecular flexibility index (Phi) is 9.13. The second-order valence-electron chi connectivity index (χ2n) is 1.48. The molecule has 0 fully saturated rings. The molecular weight excluding hydrogens is 141 g/mol. The molecule has 2 N–H and O–H groups in total. The Morgan fingerprint density at radius 1 is 1.40 bits per heavy atom. The van der Waals surface area contributed by atoms with Crippen molar-refractivity contribution in [2.24, 2.45) is 0 Å². The van der Waals surface area contributed by atoms with Crippen molar-refractivity contribution in [3.8, 4) is 0 Å². The molecule has 10 heavy (non-hydrogen) atoms. The molecule has 1 aromatic rings. The number of aliphatic hydroxyl groups is 1. The van der Waals surface area contributed by atoms with Gasteiger partial charge in [-0.1, -0.05) is 6.07 Å². The molecule has 0 saturated carbocycles. The molecule has 1 rings (SSSR count). The summed E-state index contributed by atoms with van der Waals surface area (Å²) in [4.78, 5) is 3.85. The SMILES string of the molecule is OCc1ccccn1.[Na+].[OH-]. The summed E-state index contributed by atoms with van der Waals surface area (Å²) in [6.45, 7) is 0.0286. The minimum absolute atomic E-state index is 0. The molecule has 4 heteroatoms. The molecule has 3 nitrogen and oxygen atoms in total. The number of pyridine rings is 1. The van der Waals surface area contributed by atoms with Crippen LogP contribution in [0.4, 0.5) is 0 Å². The van der Waals surface area contributed by atoms with Crippen LogP contribution in [0, 0.1) is 0 Å². The predicted molar refractivity (Wildman–Crippen MR) is 32.1 cm³/mol. The van der Waals surface area contributed by atoms with Crippen LogP contribution in [0.2, 0.25) is 0 Å². The summed E-state index contributed by atoms with van der Waals surface area (Å²) in [5, 5.41) is 8.48. The van der Waals surface area contributed by atoms with Gasteiger partial charge in [0.05, 0.1) is 12.3 Å². The van der Waals surface area contributed by atoms with E-state index in [0.717, 1.165) is 0 Å². The van der Waals surface area contributed by atoms with E-state index in [1.54, 1.807) is 12.3 Å². The zero-order valence-electron chi connectivity index (χ0n) is 5.86. The molecule has 0 saturated heterocycles. The van der Waals surface area contributed by atoms with Crippen LogP contribution in [0.25, 0.3) is 0 Å². The molecule has 0 aliphatic rings. The van der Waals surface area contributed by atoms with Gasteiger partial charge in [0.2, 0.25) is 0 Å². The molecule has 0 aliphatic heterocycles. The van der Waals surface area contributed by atoms with Gasteiger partial charge >= 0.3 is 29.6 Å². The van der Waals surface area contributed by atoms with Crippen molar-refractivity contribution in [2.45, 2.75) is 6.61 Å². The third-order valence-corrected chi connectivity index (χ3v) is 0.888. The first-order chi connectivity index (χ1) is 3.93. The Morgan fingerprint density at radius 2 is 2.10 bits per heavy atom. The van der Waals surface area contributed by atoms with E-state index in [9.17, 15) is 0 Å². The van der Waals surface area contributed by atoms with E-state index >= 15 is 0 Å². The Bertz CT molecular complexity index is 157. The summed E-state index contributed by atoms with van der Waals surface area (Å²) in [6.07, 6.45) is 1.66. The smallest absolute Gasteiger partial charge is 0.870 e. The van der Waals surface area contributed by atoms with Crippen LogP contribution in [0.5, 0.6) is 0 Å². The molecule has 0 atom stereocenters. The first-order valence-electron chi connectivity index (χ1n) is 2.44. The Balaban J connectivity index is 0. The number of aromatic nitrogens is 1. The Labute approximate surface area is 81.7 Å². The molecule has 0 amide bonds. The molecular formula is C6H8NNaO2. The second kappa shape index (κ2) is 7.18. The van der Waals surface area contributed by atoms with Crippen molar-refractivity contribution in [2.75, 3.05) is 0 Å². The normalized spacial score (nSPS) is 7.30. The van der Waals surface area contributed by atoms with Gasteiger partial charge < -0.3 is 10.6 Å². The Hall–Kier alpha value is 0.0700. The second-order valence-corrected chi connectivity index (χ2v) is 1.48. The maximum atomic E-state index is 8.48. The fraction of sp³-hybridized carbons (Fsp3) is 0.167. The van der Waals surface area contributed by atoms with Crippen LogP contribution >= 0.6 is 0 Å². The standard InChI is InChI=1S/C6H7NO.Na.H2O/c8-5-6-3-1-2-4-7-6;;/h1-4,8H,5H2;;1H2/q;+1;/p-1. The van der Waals surface area contributed by atoms with Crippen LogP contribution in [0.1, 0.15) is 5.69 Å². The van der Waals surface area contributed by atoms with E-state index in [-0.39, 0.29) is 41.6 Å². The maximum Gasteiger partial charge on any atom is 1.00 e. The molecule has 0 radical (unpaired) electrons. The molecule has 50 valence electrons. The average molecular weight is 149 g/mol. The number of hydrogen-bond acceptors (Lipinski definition) is 3. The first kappa shape index (κ1) is 12.7. The molecule has 0 spiro atoms. The van der Waals surface area contributed by atoms with E-state index in [1.807, 2.05) is 12.1 Å². The van der Waals surface area contributed by atoms with E-state index in [1.165, 1.54) is 0 Å². The van der Waals surface area contributed by atoms with Crippen molar-refractivity contribution < 1.29 is 40.1 Å². The quantitative estimate of drug-likeness (QED) is 0.445. The van der Waals surface area contributed by atoms with Gasteiger partial charge in [-0.05, 0) is 12.1 Å². The van der Waals surface area contributed by atoms with Crippen LogP contribution in [0.3, 0.4) is 0 Å². The zero-order chi connectivity index (χ0) is 5.82. The molecule has 0 aromatic carbocycles. The summed E-state index contributed by atoms with van der Waals surface area (Å²) in [6, 6.07) is 5.44. The summed E-state index contributed by atoms with van der Waals surface area (Å²) >= 11 is 0. The van der Waals surface area contributed by atoms with Crippen molar-refractivity contribution in [1.29, 1.82) is 0 Å². The van der Waals surface area contributed by atoms with Gasteiger partial charge in [-0.15, -0.1) is 0 Å². The van der Waals surface area contributed by atoms with Gasteiger partial charge in [-0.25, -0.2) is 0 Å². The van der Waals surface area contributed by atoms with Crippen molar-refractivity contribution in [1.82, 2.24) is 4.98 Å². The molecule has 0 unspecified atom stereocenters. The minimum atomic E-state index is 0. The van der Waals surface area contributed by atoms with E-state index in [2.05, 4.69) is 4.98 Å². The van der Waals surface area contributed by atoms with Gasteiger partial charge in [-0.3, -0.25) is 4.98 Å². The van der Waals surface area contributed by atoms with Crippen LogP contribution < -0.4 is 29.6 Å². The molecule has 0 aliphatic carbocycles. The number of rotatable bonds is 1. The monoisotopic (exact) mass is 149 g/mol. The fourth-order valence-corrected chi connectivity index (χ4v) is 0.492. The van der Waals surface area contributed by atoms with Crippen molar-refractivity contribution in [3.63, 3.8) is 0 Å². The van der Waals surface area contributed by atoms with Crippen LogP contribution in [-0.4, -0.2) is 15.6 Å². The van der Waals surface area contributed by atoms with Crippen molar-refractivity contribution >= 4 is 0 Å². The first-order valence-corrected chi connectivity index (χ1v) is 2.44. The molecule has 1 heterocycles. The predicted octanol–water partition coefficient (Wildman–Crippen LogP) is -2.60. The largest absolute Gasteiger partial charge is 1.00 e. The zero-order valence-corrected chi connectivity index (χ0v) is 7.86. The summed E-state index contributed by atoms with van der Waals surface area (Å²) < 4.78 is 0.